The van der Waals surface area contributed by atoms with Crippen LogP contribution in [0.2, 0.25) is 0 Å². The van der Waals surface area contributed by atoms with E-state index in [9.17, 15) is 4.79 Å². The van der Waals surface area contributed by atoms with Crippen LogP contribution in [0.15, 0.2) is 42.6 Å². The number of fused-ring (bicyclic) bond motifs is 2. The summed E-state index contributed by atoms with van der Waals surface area (Å²) >= 11 is 0. The van der Waals surface area contributed by atoms with E-state index in [1.807, 2.05) is 12.1 Å². The Morgan fingerprint density at radius 1 is 1.17 bits per heavy atom. The molecule has 0 aliphatic carbocycles. The van der Waals surface area contributed by atoms with E-state index in [0.717, 1.165) is 0 Å². The summed E-state index contributed by atoms with van der Waals surface area (Å²) < 4.78 is 18.0. The maximum absolute atomic E-state index is 12.0. The zero-order valence-corrected chi connectivity index (χ0v) is 12.6. The predicted octanol–water partition coefficient (Wildman–Crippen LogP) is 1.52. The van der Waals surface area contributed by atoms with Gasteiger partial charge in [0.05, 0.1) is 0 Å². The highest BCUT2D eigenvalue weighted by Crippen LogP contribution is 2.32. The normalized spacial score (nSPS) is 12.8. The minimum atomic E-state index is -0.306. The number of carbonyl (C=O) groups excluding carboxylic acids is 1. The summed E-state index contributed by atoms with van der Waals surface area (Å²) in [6.45, 7) is 0.844. The molecule has 1 aromatic carbocycles. The third kappa shape index (κ3) is 2.81. The van der Waals surface area contributed by atoms with Gasteiger partial charge in [-0.15, -0.1) is 5.10 Å². The Kier molecular flexibility index (Phi) is 3.62. The number of hydrogen-bond donors (Lipinski definition) is 1. The van der Waals surface area contributed by atoms with Gasteiger partial charge in [0, 0.05) is 18.0 Å². The molecule has 0 saturated heterocycles. The molecule has 1 aliphatic heterocycles. The number of anilines is 1. The molecule has 0 radical (unpaired) electrons. The second kappa shape index (κ2) is 6.07. The van der Waals surface area contributed by atoms with E-state index in [1.54, 1.807) is 34.9 Å². The largest absolute Gasteiger partial charge is 0.486 e. The molecule has 4 rings (SSSR count). The summed E-state index contributed by atoms with van der Waals surface area (Å²) in [4.78, 5) is 12.0. The van der Waals surface area contributed by atoms with E-state index in [1.165, 1.54) is 0 Å². The molecular weight excluding hydrogens is 312 g/mol. The Labute approximate surface area is 137 Å². The van der Waals surface area contributed by atoms with Crippen LogP contribution in [0.4, 0.5) is 5.69 Å². The van der Waals surface area contributed by atoms with Crippen molar-refractivity contribution in [3.8, 4) is 17.5 Å². The van der Waals surface area contributed by atoms with Crippen LogP contribution in [-0.4, -0.2) is 40.3 Å². The number of nitrogens with zero attached hydrogens (tertiary/aromatic N) is 3. The number of benzene rings is 1. The topological polar surface area (TPSA) is 87.0 Å². The summed E-state index contributed by atoms with van der Waals surface area (Å²) in [5.41, 5.74) is 1.26. The van der Waals surface area contributed by atoms with Crippen molar-refractivity contribution in [3.05, 3.63) is 42.6 Å². The zero-order chi connectivity index (χ0) is 16.4. The van der Waals surface area contributed by atoms with Gasteiger partial charge in [0.15, 0.2) is 23.8 Å². The Morgan fingerprint density at radius 3 is 2.96 bits per heavy atom. The van der Waals surface area contributed by atoms with Crippen molar-refractivity contribution in [2.24, 2.45) is 0 Å². The van der Waals surface area contributed by atoms with E-state index in [2.05, 4.69) is 15.5 Å². The van der Waals surface area contributed by atoms with Crippen molar-refractivity contribution in [2.75, 3.05) is 25.1 Å². The predicted molar refractivity (Wildman–Crippen MR) is 84.5 cm³/mol. The molecule has 3 heterocycles. The van der Waals surface area contributed by atoms with Crippen LogP contribution in [0.3, 0.4) is 0 Å². The zero-order valence-electron chi connectivity index (χ0n) is 12.6. The molecule has 1 N–H and O–H groups in total. The van der Waals surface area contributed by atoms with Gasteiger partial charge in [-0.2, -0.15) is 0 Å². The molecule has 0 unspecified atom stereocenters. The fraction of sp³-hybridized carbons (Fsp3) is 0.188. The first-order valence-corrected chi connectivity index (χ1v) is 7.42. The number of pyridine rings is 1. The number of nitrogens with one attached hydrogen (secondary N) is 1. The molecule has 24 heavy (non-hydrogen) atoms. The molecule has 0 atom stereocenters. The van der Waals surface area contributed by atoms with Crippen LogP contribution in [0, 0.1) is 0 Å². The smallest absolute Gasteiger partial charge is 0.322 e. The first-order chi connectivity index (χ1) is 11.8. The number of hydrogen-bond acceptors (Lipinski definition) is 6. The lowest BCUT2D eigenvalue weighted by Crippen LogP contribution is -2.21. The number of rotatable bonds is 4. The minimum absolute atomic E-state index is 0.176. The molecule has 0 fully saturated rings. The monoisotopic (exact) mass is 326 g/mol. The fourth-order valence-electron chi connectivity index (χ4n) is 2.37. The van der Waals surface area contributed by atoms with Gasteiger partial charge < -0.3 is 19.5 Å². The third-order valence-corrected chi connectivity index (χ3v) is 3.44. The van der Waals surface area contributed by atoms with Gasteiger partial charge >= 0.3 is 6.01 Å². The molecule has 3 aromatic rings. The van der Waals surface area contributed by atoms with Crippen molar-refractivity contribution in [1.29, 1.82) is 0 Å². The lowest BCUT2D eigenvalue weighted by Gasteiger charge is -2.18. The first-order valence-electron chi connectivity index (χ1n) is 7.42. The van der Waals surface area contributed by atoms with Crippen LogP contribution in [0.5, 0.6) is 17.5 Å². The molecule has 0 saturated carbocycles. The van der Waals surface area contributed by atoms with Gasteiger partial charge in [-0.05, 0) is 24.3 Å². The van der Waals surface area contributed by atoms with Gasteiger partial charge in [-0.1, -0.05) is 11.2 Å². The fourth-order valence-corrected chi connectivity index (χ4v) is 2.37. The van der Waals surface area contributed by atoms with E-state index in [-0.39, 0.29) is 18.5 Å². The van der Waals surface area contributed by atoms with E-state index >= 15 is 0 Å². The Balaban J connectivity index is 1.40. The third-order valence-electron chi connectivity index (χ3n) is 3.44. The van der Waals surface area contributed by atoms with Crippen molar-refractivity contribution in [2.45, 2.75) is 0 Å². The van der Waals surface area contributed by atoms with Crippen LogP contribution in [-0.2, 0) is 4.79 Å². The van der Waals surface area contributed by atoms with Gasteiger partial charge in [-0.3, -0.25) is 9.20 Å². The lowest BCUT2D eigenvalue weighted by molar-refractivity contribution is -0.118. The first kappa shape index (κ1) is 14.3. The van der Waals surface area contributed by atoms with Crippen molar-refractivity contribution < 1.29 is 19.0 Å². The number of aromatic nitrogens is 3. The maximum Gasteiger partial charge on any atom is 0.322 e. The summed E-state index contributed by atoms with van der Waals surface area (Å²) in [6, 6.07) is 11.0. The molecule has 2 aromatic heterocycles. The van der Waals surface area contributed by atoms with Gasteiger partial charge in [0.2, 0.25) is 0 Å². The molecule has 122 valence electrons. The Hall–Kier alpha value is -3.29. The second-order valence-electron chi connectivity index (χ2n) is 5.11. The van der Waals surface area contributed by atoms with Crippen LogP contribution in [0.25, 0.3) is 5.65 Å². The average molecular weight is 326 g/mol. The standard InChI is InChI=1S/C16H14N4O4/c21-15(10-24-16-19-18-14-3-1-2-6-20(14)16)17-11-4-5-12-13(9-11)23-8-7-22-12/h1-6,9H,7-8,10H2,(H,17,21). The summed E-state index contributed by atoms with van der Waals surface area (Å²) in [5.74, 6) is 0.980. The van der Waals surface area contributed by atoms with E-state index in [0.29, 0.717) is 36.0 Å². The average Bonchev–Trinajstić information content (AvgIpc) is 3.03. The summed E-state index contributed by atoms with van der Waals surface area (Å²) in [5, 5.41) is 10.6. The van der Waals surface area contributed by atoms with Gasteiger partial charge in [0.1, 0.15) is 13.2 Å². The van der Waals surface area contributed by atoms with Crippen molar-refractivity contribution >= 4 is 17.2 Å². The minimum Gasteiger partial charge on any atom is -0.486 e. The molecule has 0 bridgehead atoms. The number of carbonyl (C=O) groups is 1. The summed E-state index contributed by atoms with van der Waals surface area (Å²) in [6.07, 6.45) is 1.77. The molecule has 8 nitrogen and oxygen atoms in total. The Morgan fingerprint density at radius 2 is 2.04 bits per heavy atom. The highest BCUT2D eigenvalue weighted by Gasteiger charge is 2.13. The lowest BCUT2D eigenvalue weighted by atomic mass is 10.2. The SMILES string of the molecule is O=C(COc1nnc2ccccn12)Nc1ccc2c(c1)OCCO2. The maximum atomic E-state index is 12.0. The molecule has 8 heteroatoms. The molecule has 1 aliphatic rings. The quantitative estimate of drug-likeness (QED) is 0.782. The van der Waals surface area contributed by atoms with Crippen LogP contribution < -0.4 is 19.5 Å². The number of ether oxygens (including phenoxy) is 3. The van der Waals surface area contributed by atoms with Gasteiger partial charge in [0.25, 0.3) is 5.91 Å². The number of amides is 1. The van der Waals surface area contributed by atoms with Crippen LogP contribution >= 0.6 is 0 Å². The Bertz CT molecular complexity index is 893. The van der Waals surface area contributed by atoms with E-state index < -0.39 is 0 Å². The van der Waals surface area contributed by atoms with Crippen LogP contribution in [0.1, 0.15) is 0 Å². The highest BCUT2D eigenvalue weighted by atomic mass is 16.6. The molecule has 1 amide bonds. The summed E-state index contributed by atoms with van der Waals surface area (Å²) in [7, 11) is 0. The van der Waals surface area contributed by atoms with Gasteiger partial charge in [-0.25, -0.2) is 0 Å². The van der Waals surface area contributed by atoms with Crippen molar-refractivity contribution in [3.63, 3.8) is 0 Å². The molecule has 0 spiro atoms. The molecular formula is C16H14N4O4. The van der Waals surface area contributed by atoms with Crippen molar-refractivity contribution in [1.82, 2.24) is 14.6 Å². The highest BCUT2D eigenvalue weighted by molar-refractivity contribution is 5.92. The second-order valence-corrected chi connectivity index (χ2v) is 5.11. The van der Waals surface area contributed by atoms with E-state index in [4.69, 9.17) is 14.2 Å².